The van der Waals surface area contributed by atoms with Crippen molar-refractivity contribution in [2.24, 2.45) is 0 Å². The van der Waals surface area contributed by atoms with E-state index in [-0.39, 0.29) is 129 Å². The molecule has 0 atom stereocenters. The third-order valence-electron chi connectivity index (χ3n) is 0. The smallest absolute Gasteiger partial charge is 0 e. The summed E-state index contributed by atoms with van der Waals surface area (Å²) in [5, 5.41) is 0. The molecular weight excluding hydrogens is 729 g/mol. The van der Waals surface area contributed by atoms with Crippen LogP contribution in [0.3, 0.4) is 0 Å². The van der Waals surface area contributed by atoms with Crippen LogP contribution in [-0.4, -0.2) is 27.3 Å². The molecule has 0 spiro atoms. The Morgan fingerprint density at radius 2 is 0.500 bits per heavy atom. The molecule has 0 saturated heterocycles. The Kier molecular flexibility index (Phi) is 325. The maximum atomic E-state index is 0. The van der Waals surface area contributed by atoms with Gasteiger partial charge in [-0.05, 0) is 0 Å². The number of rotatable bonds is 0. The molecule has 0 bridgehead atoms. The summed E-state index contributed by atoms with van der Waals surface area (Å²) < 4.78 is 0. The number of halogens is 4. The van der Waals surface area contributed by atoms with Crippen molar-refractivity contribution in [3.8, 4) is 0 Å². The van der Waals surface area contributed by atoms with Crippen molar-refractivity contribution in [1.82, 2.24) is 6.15 Å². The molecule has 44 valence electrons. The van der Waals surface area contributed by atoms with E-state index in [9.17, 15) is 0 Å². The first-order chi connectivity index (χ1) is 0. The van der Waals surface area contributed by atoms with E-state index in [0.29, 0.717) is 0 Å². The van der Waals surface area contributed by atoms with E-state index in [1.807, 2.05) is 0 Å². The van der Waals surface area contributed by atoms with Crippen LogP contribution in [0.4, 0.5) is 0 Å². The number of hydrogen-bond donors (Lipinski definition) is 1. The first-order valence-corrected chi connectivity index (χ1v) is 0. The third kappa shape index (κ3) is 25.0. The maximum absolute atomic E-state index is 0. The van der Waals surface area contributed by atoms with Crippen LogP contribution in [0.1, 0.15) is 0 Å². The predicted octanol–water partition coefficient (Wildman–Crippen LogP) is -12.2. The molecule has 0 aromatic rings. The second kappa shape index (κ2) is 37.1. The Hall–Kier alpha value is 3.80. The van der Waals surface area contributed by atoms with E-state index in [2.05, 4.69) is 0 Å². The molecule has 0 unspecified atom stereocenters. The Balaban J connectivity index is 0. The van der Waals surface area contributed by atoms with Gasteiger partial charge in [-0.1, -0.05) is 0 Å². The average molecular weight is 732 g/mol. The zero-order valence-corrected chi connectivity index (χ0v) is 15.2. The van der Waals surface area contributed by atoms with Crippen LogP contribution in [0, 0.1) is 0 Å². The molecule has 6 heavy (non-hydrogen) atoms. The normalized spacial score (nSPS) is 0. The molecular formula is H3I4NPb-4. The topological polar surface area (TPSA) is 35.0 Å². The molecule has 3 N–H and O–H groups in total. The molecule has 0 rings (SSSR count). The molecule has 0 saturated carbocycles. The van der Waals surface area contributed by atoms with Gasteiger partial charge in [0.1, 0.15) is 0 Å². The molecule has 0 heterocycles. The van der Waals surface area contributed by atoms with Crippen molar-refractivity contribution in [2.75, 3.05) is 0 Å². The van der Waals surface area contributed by atoms with Crippen LogP contribution < -0.4 is 102 Å². The third-order valence-corrected chi connectivity index (χ3v) is 0. The fourth-order valence-corrected chi connectivity index (χ4v) is 0. The van der Waals surface area contributed by atoms with Crippen LogP contribution in [0.25, 0.3) is 0 Å². The van der Waals surface area contributed by atoms with Gasteiger partial charge < -0.3 is 102 Å². The van der Waals surface area contributed by atoms with Gasteiger partial charge in [0.25, 0.3) is 0 Å². The van der Waals surface area contributed by atoms with Crippen molar-refractivity contribution < 1.29 is 95.9 Å². The summed E-state index contributed by atoms with van der Waals surface area (Å²) in [6, 6.07) is 0. The van der Waals surface area contributed by atoms with Gasteiger partial charge in [0.15, 0.2) is 0 Å². The summed E-state index contributed by atoms with van der Waals surface area (Å²) in [5.41, 5.74) is 0. The standard InChI is InChI=1S/4HI.H3N.Pb/h4*1H;1H3;/p-4. The summed E-state index contributed by atoms with van der Waals surface area (Å²) in [6.07, 6.45) is 0. The van der Waals surface area contributed by atoms with Crippen molar-refractivity contribution in [2.45, 2.75) is 0 Å². The largest absolute Gasteiger partial charge is 1.00 e. The maximum Gasteiger partial charge on any atom is 0 e. The van der Waals surface area contributed by atoms with Gasteiger partial charge in [-0.3, -0.25) is 0 Å². The molecule has 0 aromatic carbocycles. The van der Waals surface area contributed by atoms with E-state index < -0.39 is 0 Å². The summed E-state index contributed by atoms with van der Waals surface area (Å²) in [7, 11) is 0. The van der Waals surface area contributed by atoms with Crippen LogP contribution >= 0.6 is 0 Å². The van der Waals surface area contributed by atoms with Gasteiger partial charge in [-0.15, -0.1) is 0 Å². The summed E-state index contributed by atoms with van der Waals surface area (Å²) in [6.45, 7) is 0. The van der Waals surface area contributed by atoms with Crippen LogP contribution in [0.5, 0.6) is 0 Å². The quantitative estimate of drug-likeness (QED) is 0.195. The fourth-order valence-electron chi connectivity index (χ4n) is 0. The molecule has 0 aliphatic carbocycles. The first-order valence-electron chi connectivity index (χ1n) is 0. The summed E-state index contributed by atoms with van der Waals surface area (Å²) in [4.78, 5) is 0. The number of hydrogen-bond acceptors (Lipinski definition) is 1. The molecule has 0 fully saturated rings. The zero-order valence-electron chi connectivity index (χ0n) is 2.72. The first kappa shape index (κ1) is 52.5. The molecule has 1 nitrogen and oxygen atoms in total. The fraction of sp³-hybridized carbons (Fsp3) is 0. The SMILES string of the molecule is N.[I-].[I-].[I-].[I-].[Pb]. The van der Waals surface area contributed by atoms with Crippen LogP contribution in [0.15, 0.2) is 0 Å². The molecule has 0 aromatic heterocycles. The average Bonchev–Trinajstić information content (AvgIpc) is 0. The van der Waals surface area contributed by atoms with Gasteiger partial charge in [0.2, 0.25) is 0 Å². The van der Waals surface area contributed by atoms with Crippen molar-refractivity contribution in [1.29, 1.82) is 0 Å². The second-order valence-corrected chi connectivity index (χ2v) is 0. The predicted molar refractivity (Wildman–Crippen MR) is 10.8 cm³/mol. The van der Waals surface area contributed by atoms with Gasteiger partial charge in [-0.25, -0.2) is 0 Å². The second-order valence-electron chi connectivity index (χ2n) is 0. The Morgan fingerprint density at radius 1 is 0.500 bits per heavy atom. The minimum atomic E-state index is 0. The summed E-state index contributed by atoms with van der Waals surface area (Å²) in [5.74, 6) is 0. The molecule has 0 amide bonds. The van der Waals surface area contributed by atoms with Gasteiger partial charge in [0, 0.05) is 27.3 Å². The molecule has 0 aliphatic rings. The van der Waals surface area contributed by atoms with E-state index in [1.165, 1.54) is 0 Å². The molecule has 0 aliphatic heterocycles. The van der Waals surface area contributed by atoms with E-state index in [0.717, 1.165) is 0 Å². The van der Waals surface area contributed by atoms with Gasteiger partial charge in [0.05, 0.1) is 0 Å². The molecule has 6 heteroatoms. The monoisotopic (exact) mass is 733 g/mol. The Labute approximate surface area is 126 Å². The van der Waals surface area contributed by atoms with E-state index in [4.69, 9.17) is 0 Å². The van der Waals surface area contributed by atoms with E-state index in [1.54, 1.807) is 0 Å². The zero-order chi connectivity index (χ0) is 0. The minimum absolute atomic E-state index is 0. The van der Waals surface area contributed by atoms with Crippen LogP contribution in [0.2, 0.25) is 0 Å². The molecule has 4 radical (unpaired) electrons. The van der Waals surface area contributed by atoms with Crippen molar-refractivity contribution in [3.63, 3.8) is 0 Å². The summed E-state index contributed by atoms with van der Waals surface area (Å²) >= 11 is 0. The Bertz CT molecular complexity index is 7.51. The van der Waals surface area contributed by atoms with E-state index >= 15 is 0 Å². The Morgan fingerprint density at radius 3 is 0.500 bits per heavy atom. The van der Waals surface area contributed by atoms with Crippen molar-refractivity contribution >= 4 is 27.3 Å². The van der Waals surface area contributed by atoms with Gasteiger partial charge in [-0.2, -0.15) is 0 Å². The van der Waals surface area contributed by atoms with Gasteiger partial charge >= 0.3 is 0 Å². The van der Waals surface area contributed by atoms with Crippen LogP contribution in [-0.2, 0) is 0 Å². The van der Waals surface area contributed by atoms with Crippen molar-refractivity contribution in [3.05, 3.63) is 0 Å². The minimum Gasteiger partial charge on any atom is -1.00 e.